The van der Waals surface area contributed by atoms with Crippen LogP contribution in [0.3, 0.4) is 0 Å². The number of fused-ring (bicyclic) bond motifs is 1. The van der Waals surface area contributed by atoms with Gasteiger partial charge in [0.05, 0.1) is 6.04 Å². The standard InChI is InChI=1S/C17H19FN2/c1-11-6-7-13(10-16(11)18)17(20-19)15-9-8-12-4-2-3-5-14(12)15/h2-7,10,15,17,20H,8-9,19H2,1H3. The van der Waals surface area contributed by atoms with Crippen molar-refractivity contribution in [1.29, 1.82) is 0 Å². The van der Waals surface area contributed by atoms with Crippen molar-refractivity contribution >= 4 is 0 Å². The molecule has 0 spiro atoms. The lowest BCUT2D eigenvalue weighted by molar-refractivity contribution is 0.450. The number of nitrogens with one attached hydrogen (secondary N) is 1. The molecule has 104 valence electrons. The molecule has 2 atom stereocenters. The molecule has 0 radical (unpaired) electrons. The zero-order valence-electron chi connectivity index (χ0n) is 11.6. The monoisotopic (exact) mass is 270 g/mol. The Bertz CT molecular complexity index is 624. The normalized spacial score (nSPS) is 18.9. The van der Waals surface area contributed by atoms with E-state index in [0.717, 1.165) is 18.4 Å². The van der Waals surface area contributed by atoms with Gasteiger partial charge in [-0.05, 0) is 48.1 Å². The lowest BCUT2D eigenvalue weighted by Gasteiger charge is -2.24. The topological polar surface area (TPSA) is 38.0 Å². The summed E-state index contributed by atoms with van der Waals surface area (Å²) >= 11 is 0. The highest BCUT2D eigenvalue weighted by molar-refractivity contribution is 5.38. The van der Waals surface area contributed by atoms with Crippen molar-refractivity contribution in [2.75, 3.05) is 0 Å². The summed E-state index contributed by atoms with van der Waals surface area (Å²) < 4.78 is 13.8. The van der Waals surface area contributed by atoms with Gasteiger partial charge >= 0.3 is 0 Å². The van der Waals surface area contributed by atoms with Crippen LogP contribution < -0.4 is 11.3 Å². The summed E-state index contributed by atoms with van der Waals surface area (Å²) in [5.74, 6) is 5.89. The van der Waals surface area contributed by atoms with E-state index in [4.69, 9.17) is 5.84 Å². The van der Waals surface area contributed by atoms with Crippen LogP contribution in [0.4, 0.5) is 4.39 Å². The van der Waals surface area contributed by atoms with Crippen molar-refractivity contribution in [3.63, 3.8) is 0 Å². The Morgan fingerprint density at radius 1 is 1.25 bits per heavy atom. The molecule has 0 aliphatic heterocycles. The van der Waals surface area contributed by atoms with E-state index in [0.29, 0.717) is 11.5 Å². The fourth-order valence-electron chi connectivity index (χ4n) is 3.18. The molecule has 0 saturated heterocycles. The second-order valence-corrected chi connectivity index (χ2v) is 5.50. The van der Waals surface area contributed by atoms with Crippen molar-refractivity contribution in [3.05, 3.63) is 70.5 Å². The third kappa shape index (κ3) is 2.23. The Balaban J connectivity index is 1.97. The van der Waals surface area contributed by atoms with Gasteiger partial charge in [-0.25, -0.2) is 4.39 Å². The molecule has 2 nitrogen and oxygen atoms in total. The van der Waals surface area contributed by atoms with Crippen molar-refractivity contribution in [2.45, 2.75) is 31.7 Å². The van der Waals surface area contributed by atoms with Crippen molar-refractivity contribution in [2.24, 2.45) is 5.84 Å². The first-order chi connectivity index (χ1) is 9.70. The molecule has 3 rings (SSSR count). The molecule has 0 fully saturated rings. The number of aryl methyl sites for hydroxylation is 2. The van der Waals surface area contributed by atoms with Crippen LogP contribution in [0, 0.1) is 12.7 Å². The molecule has 2 aromatic carbocycles. The first kappa shape index (κ1) is 13.3. The summed E-state index contributed by atoms with van der Waals surface area (Å²) in [6.45, 7) is 1.77. The lowest BCUT2D eigenvalue weighted by atomic mass is 9.88. The molecular formula is C17H19FN2. The Morgan fingerprint density at radius 2 is 2.05 bits per heavy atom. The maximum Gasteiger partial charge on any atom is 0.126 e. The highest BCUT2D eigenvalue weighted by atomic mass is 19.1. The summed E-state index contributed by atoms with van der Waals surface area (Å²) in [4.78, 5) is 0. The minimum Gasteiger partial charge on any atom is -0.271 e. The molecule has 0 aromatic heterocycles. The molecule has 20 heavy (non-hydrogen) atoms. The molecule has 1 aliphatic rings. The lowest BCUT2D eigenvalue weighted by Crippen LogP contribution is -2.32. The Hall–Kier alpha value is -1.71. The SMILES string of the molecule is Cc1ccc(C(NN)C2CCc3ccccc32)cc1F. The largest absolute Gasteiger partial charge is 0.271 e. The molecule has 1 aliphatic carbocycles. The van der Waals surface area contributed by atoms with Crippen LogP contribution >= 0.6 is 0 Å². The third-order valence-electron chi connectivity index (χ3n) is 4.32. The fraction of sp³-hybridized carbons (Fsp3) is 0.294. The van der Waals surface area contributed by atoms with E-state index in [9.17, 15) is 4.39 Å². The molecule has 2 aromatic rings. The van der Waals surface area contributed by atoms with Gasteiger partial charge in [0.15, 0.2) is 0 Å². The van der Waals surface area contributed by atoms with Crippen molar-refractivity contribution in [1.82, 2.24) is 5.43 Å². The predicted octanol–water partition coefficient (Wildman–Crippen LogP) is 3.37. The van der Waals surface area contributed by atoms with Gasteiger partial charge in [0.1, 0.15) is 5.82 Å². The van der Waals surface area contributed by atoms with Crippen LogP contribution in [0.25, 0.3) is 0 Å². The minimum absolute atomic E-state index is 0.0475. The fourth-order valence-corrected chi connectivity index (χ4v) is 3.18. The number of hydrazine groups is 1. The van der Waals surface area contributed by atoms with Crippen molar-refractivity contribution < 1.29 is 4.39 Å². The van der Waals surface area contributed by atoms with Gasteiger partial charge in [0, 0.05) is 5.92 Å². The minimum atomic E-state index is -0.172. The van der Waals surface area contributed by atoms with Crippen LogP contribution in [0.2, 0.25) is 0 Å². The predicted molar refractivity (Wildman–Crippen MR) is 78.7 cm³/mol. The van der Waals surface area contributed by atoms with E-state index in [-0.39, 0.29) is 11.9 Å². The summed E-state index contributed by atoms with van der Waals surface area (Å²) in [6, 6.07) is 13.8. The number of rotatable bonds is 3. The number of hydrogen-bond acceptors (Lipinski definition) is 2. The molecule has 3 heteroatoms. The van der Waals surface area contributed by atoms with Gasteiger partial charge in [0.2, 0.25) is 0 Å². The van der Waals surface area contributed by atoms with Gasteiger partial charge in [-0.3, -0.25) is 11.3 Å². The Kier molecular flexibility index (Phi) is 3.55. The van der Waals surface area contributed by atoms with Gasteiger partial charge < -0.3 is 0 Å². The maximum absolute atomic E-state index is 13.8. The van der Waals surface area contributed by atoms with E-state index < -0.39 is 0 Å². The second kappa shape index (κ2) is 5.35. The zero-order valence-corrected chi connectivity index (χ0v) is 11.6. The third-order valence-corrected chi connectivity index (χ3v) is 4.32. The highest BCUT2D eigenvalue weighted by Crippen LogP contribution is 2.41. The number of benzene rings is 2. The molecule has 2 unspecified atom stereocenters. The zero-order chi connectivity index (χ0) is 14.1. The van der Waals surface area contributed by atoms with Gasteiger partial charge in [-0.1, -0.05) is 36.4 Å². The molecular weight excluding hydrogens is 251 g/mol. The molecule has 0 heterocycles. The van der Waals surface area contributed by atoms with E-state index in [2.05, 4.69) is 29.7 Å². The summed E-state index contributed by atoms with van der Waals surface area (Å²) in [5.41, 5.74) is 7.17. The molecule has 0 saturated carbocycles. The van der Waals surface area contributed by atoms with E-state index >= 15 is 0 Å². The first-order valence-corrected chi connectivity index (χ1v) is 7.00. The van der Waals surface area contributed by atoms with E-state index in [1.165, 1.54) is 11.1 Å². The van der Waals surface area contributed by atoms with Crippen LogP contribution in [0.1, 0.15) is 40.6 Å². The summed E-state index contributed by atoms with van der Waals surface area (Å²) in [6.07, 6.45) is 2.11. The van der Waals surface area contributed by atoms with Gasteiger partial charge in [0.25, 0.3) is 0 Å². The summed E-state index contributed by atoms with van der Waals surface area (Å²) in [7, 11) is 0. The quantitative estimate of drug-likeness (QED) is 0.663. The Morgan fingerprint density at radius 3 is 2.80 bits per heavy atom. The maximum atomic E-state index is 13.8. The highest BCUT2D eigenvalue weighted by Gasteiger charge is 2.30. The van der Waals surface area contributed by atoms with E-state index in [1.807, 2.05) is 12.1 Å². The first-order valence-electron chi connectivity index (χ1n) is 7.00. The number of nitrogens with two attached hydrogens (primary N) is 1. The van der Waals surface area contributed by atoms with Crippen LogP contribution in [-0.2, 0) is 6.42 Å². The van der Waals surface area contributed by atoms with Gasteiger partial charge in [-0.2, -0.15) is 0 Å². The number of hydrogen-bond donors (Lipinski definition) is 2. The van der Waals surface area contributed by atoms with Crippen LogP contribution in [0.15, 0.2) is 42.5 Å². The van der Waals surface area contributed by atoms with E-state index in [1.54, 1.807) is 13.0 Å². The average molecular weight is 270 g/mol. The molecule has 3 N–H and O–H groups in total. The van der Waals surface area contributed by atoms with Crippen molar-refractivity contribution in [3.8, 4) is 0 Å². The van der Waals surface area contributed by atoms with Crippen LogP contribution in [0.5, 0.6) is 0 Å². The summed E-state index contributed by atoms with van der Waals surface area (Å²) in [5, 5.41) is 0. The average Bonchev–Trinajstić information content (AvgIpc) is 2.88. The van der Waals surface area contributed by atoms with Crippen LogP contribution in [-0.4, -0.2) is 0 Å². The Labute approximate surface area is 118 Å². The molecule has 0 amide bonds. The van der Waals surface area contributed by atoms with Gasteiger partial charge in [-0.15, -0.1) is 0 Å². The molecule has 0 bridgehead atoms. The number of halogens is 1. The smallest absolute Gasteiger partial charge is 0.126 e. The second-order valence-electron chi connectivity index (χ2n) is 5.50.